The molecule has 1 atom stereocenters. The molecule has 0 saturated heterocycles. The Labute approximate surface area is 64.6 Å². The molecule has 49 valence electrons. The van der Waals surface area contributed by atoms with Crippen molar-refractivity contribution >= 4 is 22.6 Å². The predicted molar refractivity (Wildman–Crippen MR) is 42.9 cm³/mol. The zero-order chi connectivity index (χ0) is 6.62. The van der Waals surface area contributed by atoms with Gasteiger partial charge in [-0.05, 0) is 19.8 Å². The van der Waals surface area contributed by atoms with Crippen molar-refractivity contribution < 1.29 is 5.11 Å². The van der Waals surface area contributed by atoms with Crippen LogP contribution in [0, 0.1) is 0 Å². The van der Waals surface area contributed by atoms with E-state index in [1.54, 1.807) is 6.92 Å². The van der Waals surface area contributed by atoms with Crippen LogP contribution in [-0.4, -0.2) is 10.0 Å². The van der Waals surface area contributed by atoms with Crippen molar-refractivity contribution in [2.24, 2.45) is 0 Å². The summed E-state index contributed by atoms with van der Waals surface area (Å²) < 4.78 is 0.978. The smallest absolute Gasteiger partial charge is 0.101 e. The number of halogens is 1. The summed E-state index contributed by atoms with van der Waals surface area (Å²) in [5.74, 6) is 0. The summed E-state index contributed by atoms with van der Waals surface area (Å²) in [7, 11) is 0. The van der Waals surface area contributed by atoms with Crippen LogP contribution in [-0.2, 0) is 5.11 Å². The lowest BCUT2D eigenvalue weighted by Gasteiger charge is -2.15. The molecular weight excluding hydrogens is 215 g/mol. The fourth-order valence-corrected chi connectivity index (χ4v) is 1.52. The van der Waals surface area contributed by atoms with Crippen LogP contribution in [0.15, 0.2) is 0 Å². The number of hydrogen-bond acceptors (Lipinski definition) is 0. The molecule has 0 aliphatic rings. The maximum absolute atomic E-state index is 11.1. The monoisotopic (exact) mass is 227 g/mol. The molecule has 0 aromatic heterocycles. The Morgan fingerprint density at radius 2 is 2.12 bits per heavy atom. The van der Waals surface area contributed by atoms with Gasteiger partial charge in [-0.1, -0.05) is 29.5 Å². The van der Waals surface area contributed by atoms with Gasteiger partial charge in [0.25, 0.3) is 0 Å². The van der Waals surface area contributed by atoms with Crippen molar-refractivity contribution in [3.8, 4) is 0 Å². The summed E-state index contributed by atoms with van der Waals surface area (Å²) in [5, 5.41) is 11.1. The third-order valence-electron chi connectivity index (χ3n) is 1.37. The van der Waals surface area contributed by atoms with Gasteiger partial charge in [0.05, 0.1) is 0 Å². The normalized spacial score (nSPS) is 18.0. The molecule has 0 bridgehead atoms. The summed E-state index contributed by atoms with van der Waals surface area (Å²) in [6, 6.07) is 0. The van der Waals surface area contributed by atoms with Gasteiger partial charge in [-0.25, -0.2) is 5.11 Å². The maximum atomic E-state index is 11.1. The molecule has 0 heterocycles. The quantitative estimate of drug-likeness (QED) is 0.521. The Bertz CT molecular complexity index is 61.5. The Morgan fingerprint density at radius 1 is 1.62 bits per heavy atom. The van der Waals surface area contributed by atoms with Crippen molar-refractivity contribution in [1.29, 1.82) is 0 Å². The van der Waals surface area contributed by atoms with E-state index in [0.717, 1.165) is 17.3 Å². The first kappa shape index (κ1) is 8.69. The molecule has 0 fully saturated rings. The molecule has 0 aromatic rings. The fraction of sp³-hybridized carbons (Fsp3) is 1.00. The molecular formula is C6H12IO. The van der Waals surface area contributed by atoms with Crippen LogP contribution >= 0.6 is 22.6 Å². The van der Waals surface area contributed by atoms with Crippen LogP contribution in [0.25, 0.3) is 0 Å². The highest BCUT2D eigenvalue weighted by Crippen LogP contribution is 2.15. The maximum Gasteiger partial charge on any atom is 0.101 e. The molecule has 0 spiro atoms. The topological polar surface area (TPSA) is 19.9 Å². The summed E-state index contributed by atoms with van der Waals surface area (Å²) in [5.41, 5.74) is -0.665. The third kappa shape index (κ3) is 3.66. The van der Waals surface area contributed by atoms with Gasteiger partial charge >= 0.3 is 0 Å². The van der Waals surface area contributed by atoms with Gasteiger partial charge in [0.1, 0.15) is 5.60 Å². The second-order valence-corrected chi connectivity index (χ2v) is 3.32. The van der Waals surface area contributed by atoms with Gasteiger partial charge in [-0.15, -0.1) is 0 Å². The lowest BCUT2D eigenvalue weighted by Crippen LogP contribution is -2.20. The Hall–Kier alpha value is 0.690. The molecule has 1 radical (unpaired) electrons. The van der Waals surface area contributed by atoms with Crippen LogP contribution in [0.3, 0.4) is 0 Å². The van der Waals surface area contributed by atoms with E-state index < -0.39 is 5.60 Å². The van der Waals surface area contributed by atoms with Crippen LogP contribution in [0.4, 0.5) is 0 Å². The molecule has 2 heteroatoms. The predicted octanol–water partition coefficient (Wildman–Crippen LogP) is 2.41. The molecule has 0 aromatic carbocycles. The molecule has 0 N–H and O–H groups in total. The first-order chi connectivity index (χ1) is 3.62. The Kier molecular flexibility index (Phi) is 3.98. The largest absolute Gasteiger partial charge is 0.230 e. The van der Waals surface area contributed by atoms with E-state index in [2.05, 4.69) is 22.6 Å². The van der Waals surface area contributed by atoms with Gasteiger partial charge in [0.15, 0.2) is 0 Å². The zero-order valence-electron chi connectivity index (χ0n) is 5.41. The zero-order valence-corrected chi connectivity index (χ0v) is 7.57. The molecule has 8 heavy (non-hydrogen) atoms. The van der Waals surface area contributed by atoms with E-state index in [9.17, 15) is 5.11 Å². The van der Waals surface area contributed by atoms with E-state index >= 15 is 0 Å². The minimum atomic E-state index is -0.665. The van der Waals surface area contributed by atoms with Crippen molar-refractivity contribution in [3.05, 3.63) is 0 Å². The molecule has 0 rings (SSSR count). The van der Waals surface area contributed by atoms with E-state index in [0.29, 0.717) is 0 Å². The number of hydrogen-bond donors (Lipinski definition) is 0. The van der Waals surface area contributed by atoms with E-state index in [1.165, 1.54) is 0 Å². The first-order valence-electron chi connectivity index (χ1n) is 2.89. The van der Waals surface area contributed by atoms with Gasteiger partial charge in [-0.3, -0.25) is 0 Å². The van der Waals surface area contributed by atoms with E-state index in [1.807, 2.05) is 6.92 Å². The van der Waals surface area contributed by atoms with Crippen LogP contribution in [0.1, 0.15) is 26.7 Å². The molecule has 0 aliphatic carbocycles. The highest BCUT2D eigenvalue weighted by Gasteiger charge is 2.17. The van der Waals surface area contributed by atoms with Crippen LogP contribution in [0.5, 0.6) is 0 Å². The van der Waals surface area contributed by atoms with Crippen LogP contribution < -0.4 is 0 Å². The Morgan fingerprint density at radius 3 is 2.25 bits per heavy atom. The van der Waals surface area contributed by atoms with Crippen molar-refractivity contribution in [2.75, 3.05) is 4.43 Å². The first-order valence-corrected chi connectivity index (χ1v) is 4.41. The second-order valence-electron chi connectivity index (χ2n) is 2.24. The van der Waals surface area contributed by atoms with Gasteiger partial charge < -0.3 is 0 Å². The fourth-order valence-electron chi connectivity index (χ4n) is 0.377. The van der Waals surface area contributed by atoms with Crippen molar-refractivity contribution in [1.82, 2.24) is 0 Å². The van der Waals surface area contributed by atoms with Gasteiger partial charge in [0.2, 0.25) is 0 Å². The van der Waals surface area contributed by atoms with Crippen molar-refractivity contribution in [3.63, 3.8) is 0 Å². The highest BCUT2D eigenvalue weighted by molar-refractivity contribution is 14.1. The summed E-state index contributed by atoms with van der Waals surface area (Å²) in [6.07, 6.45) is 1.54. The minimum Gasteiger partial charge on any atom is -0.230 e. The third-order valence-corrected chi connectivity index (χ3v) is 1.91. The SMILES string of the molecule is CCC(C)([O])CCI. The highest BCUT2D eigenvalue weighted by atomic mass is 127. The molecule has 0 amide bonds. The standard InChI is InChI=1S/C6H12IO/c1-3-6(2,8)4-5-7/h3-5H2,1-2H3. The van der Waals surface area contributed by atoms with Gasteiger partial charge in [0, 0.05) is 4.43 Å². The van der Waals surface area contributed by atoms with Crippen molar-refractivity contribution in [2.45, 2.75) is 32.3 Å². The summed E-state index contributed by atoms with van der Waals surface area (Å²) >= 11 is 2.24. The minimum absolute atomic E-state index is 0.665. The van der Waals surface area contributed by atoms with Crippen LogP contribution in [0.2, 0.25) is 0 Å². The van der Waals surface area contributed by atoms with E-state index in [4.69, 9.17) is 0 Å². The lowest BCUT2D eigenvalue weighted by molar-refractivity contribution is -0.0176. The summed E-state index contributed by atoms with van der Waals surface area (Å²) in [4.78, 5) is 0. The molecule has 0 aliphatic heterocycles. The van der Waals surface area contributed by atoms with Gasteiger partial charge in [-0.2, -0.15) is 0 Å². The number of rotatable bonds is 3. The summed E-state index contributed by atoms with van der Waals surface area (Å²) in [6.45, 7) is 3.71. The number of alkyl halides is 1. The average molecular weight is 227 g/mol. The molecule has 0 saturated carbocycles. The molecule has 1 unspecified atom stereocenters. The lowest BCUT2D eigenvalue weighted by atomic mass is 10.0. The van der Waals surface area contributed by atoms with E-state index in [-0.39, 0.29) is 0 Å². The Balaban J connectivity index is 3.37. The molecule has 1 nitrogen and oxygen atoms in total. The average Bonchev–Trinajstić information content (AvgIpc) is 1.67. The second kappa shape index (κ2) is 3.67.